The molecule has 1 atom stereocenters. The summed E-state index contributed by atoms with van der Waals surface area (Å²) in [6, 6.07) is 1.87. The fourth-order valence-electron chi connectivity index (χ4n) is 2.25. The van der Waals surface area contributed by atoms with Crippen molar-refractivity contribution in [3.8, 4) is 0 Å². The summed E-state index contributed by atoms with van der Waals surface area (Å²) < 4.78 is 5.40. The van der Waals surface area contributed by atoms with Gasteiger partial charge >= 0.3 is 0 Å². The van der Waals surface area contributed by atoms with Crippen molar-refractivity contribution in [2.24, 2.45) is 5.92 Å². The van der Waals surface area contributed by atoms with Crippen LogP contribution in [0.5, 0.6) is 0 Å². The first-order valence-corrected chi connectivity index (χ1v) is 6.71. The lowest BCUT2D eigenvalue weighted by Gasteiger charge is -2.22. The highest BCUT2D eigenvalue weighted by atomic mass is 16.5. The number of nitrogens with one attached hydrogen (secondary N) is 2. The van der Waals surface area contributed by atoms with E-state index in [0.717, 1.165) is 37.4 Å². The number of aromatic nitrogens is 1. The first kappa shape index (κ1) is 13.8. The van der Waals surface area contributed by atoms with Gasteiger partial charge in [0.1, 0.15) is 0 Å². The maximum Gasteiger partial charge on any atom is 0.254 e. The van der Waals surface area contributed by atoms with Gasteiger partial charge in [-0.05, 0) is 31.7 Å². The quantitative estimate of drug-likeness (QED) is 0.866. The van der Waals surface area contributed by atoms with Gasteiger partial charge < -0.3 is 15.4 Å². The Kier molecular flexibility index (Phi) is 4.74. The Morgan fingerprint density at radius 2 is 2.42 bits per heavy atom. The summed E-state index contributed by atoms with van der Waals surface area (Å²) in [6.07, 6.45) is 3.81. The number of hydrogen-bond acceptors (Lipinski definition) is 4. The van der Waals surface area contributed by atoms with Gasteiger partial charge in [0.2, 0.25) is 0 Å². The first-order chi connectivity index (χ1) is 9.20. The molecule has 1 saturated heterocycles. The summed E-state index contributed by atoms with van der Waals surface area (Å²) in [4.78, 5) is 16.3. The Hall–Kier alpha value is -1.62. The number of amides is 1. The Morgan fingerprint density at radius 3 is 3.11 bits per heavy atom. The number of rotatable bonds is 4. The van der Waals surface area contributed by atoms with Gasteiger partial charge in [0, 0.05) is 32.1 Å². The van der Waals surface area contributed by atoms with Crippen LogP contribution in [0, 0.1) is 12.8 Å². The van der Waals surface area contributed by atoms with Gasteiger partial charge in [-0.2, -0.15) is 0 Å². The average molecular weight is 263 g/mol. The molecule has 2 rings (SSSR count). The Bertz CT molecular complexity index is 442. The molecule has 1 aliphatic rings. The Labute approximate surface area is 113 Å². The van der Waals surface area contributed by atoms with E-state index in [2.05, 4.69) is 15.6 Å². The lowest BCUT2D eigenvalue weighted by atomic mass is 10.0. The van der Waals surface area contributed by atoms with E-state index in [1.165, 1.54) is 0 Å². The molecular formula is C14H21N3O2. The maximum absolute atomic E-state index is 12.1. The second-order valence-electron chi connectivity index (χ2n) is 4.91. The number of carbonyl (C=O) groups excluding carboxylic acids is 1. The van der Waals surface area contributed by atoms with Crippen molar-refractivity contribution in [3.63, 3.8) is 0 Å². The number of carbonyl (C=O) groups is 1. The average Bonchev–Trinajstić information content (AvgIpc) is 2.45. The highest BCUT2D eigenvalue weighted by Crippen LogP contribution is 2.16. The molecule has 1 fully saturated rings. The van der Waals surface area contributed by atoms with E-state index in [-0.39, 0.29) is 5.91 Å². The van der Waals surface area contributed by atoms with Crippen molar-refractivity contribution >= 4 is 11.6 Å². The largest absolute Gasteiger partial charge is 0.387 e. The van der Waals surface area contributed by atoms with Crippen LogP contribution in [0.3, 0.4) is 0 Å². The summed E-state index contributed by atoms with van der Waals surface area (Å²) in [5, 5.41) is 5.99. The summed E-state index contributed by atoms with van der Waals surface area (Å²) in [5.41, 5.74) is 2.29. The minimum atomic E-state index is -0.0811. The minimum absolute atomic E-state index is 0.0811. The van der Waals surface area contributed by atoms with E-state index in [4.69, 9.17) is 4.74 Å². The van der Waals surface area contributed by atoms with Crippen molar-refractivity contribution < 1.29 is 9.53 Å². The second kappa shape index (κ2) is 6.52. The van der Waals surface area contributed by atoms with Gasteiger partial charge in [0.25, 0.3) is 5.91 Å². The zero-order chi connectivity index (χ0) is 13.7. The molecule has 0 radical (unpaired) electrons. The Morgan fingerprint density at radius 1 is 1.58 bits per heavy atom. The van der Waals surface area contributed by atoms with E-state index in [1.807, 2.05) is 13.0 Å². The number of aryl methyl sites for hydroxylation is 1. The van der Waals surface area contributed by atoms with E-state index in [1.54, 1.807) is 13.2 Å². The molecule has 1 amide bonds. The van der Waals surface area contributed by atoms with Crippen LogP contribution in [-0.2, 0) is 4.74 Å². The highest BCUT2D eigenvalue weighted by molar-refractivity contribution is 5.99. The van der Waals surface area contributed by atoms with Crippen LogP contribution in [0.15, 0.2) is 12.3 Å². The molecule has 1 aromatic heterocycles. The molecule has 1 aliphatic heterocycles. The summed E-state index contributed by atoms with van der Waals surface area (Å²) in [6.45, 7) is 4.15. The minimum Gasteiger partial charge on any atom is -0.387 e. The molecule has 0 saturated carbocycles. The van der Waals surface area contributed by atoms with Crippen LogP contribution >= 0.6 is 0 Å². The van der Waals surface area contributed by atoms with Crippen molar-refractivity contribution in [2.75, 3.05) is 32.1 Å². The lowest BCUT2D eigenvalue weighted by molar-refractivity contribution is 0.0536. The molecule has 2 heterocycles. The van der Waals surface area contributed by atoms with Crippen molar-refractivity contribution in [1.82, 2.24) is 10.3 Å². The van der Waals surface area contributed by atoms with Crippen LogP contribution in [0.25, 0.3) is 0 Å². The highest BCUT2D eigenvalue weighted by Gasteiger charge is 2.17. The van der Waals surface area contributed by atoms with Gasteiger partial charge in [-0.25, -0.2) is 0 Å². The molecule has 0 aromatic carbocycles. The molecule has 104 valence electrons. The summed E-state index contributed by atoms with van der Waals surface area (Å²) in [7, 11) is 1.81. The standard InChI is InChI=1S/C14H21N3O2/c1-10-6-13(15-2)12(8-16-10)14(18)17-7-11-4-3-5-19-9-11/h6,8,11H,3-5,7,9H2,1-2H3,(H,15,16)(H,17,18). The third kappa shape index (κ3) is 3.67. The van der Waals surface area contributed by atoms with E-state index >= 15 is 0 Å². The van der Waals surface area contributed by atoms with Crippen LogP contribution in [0.2, 0.25) is 0 Å². The van der Waals surface area contributed by atoms with Crippen LogP contribution in [0.1, 0.15) is 28.9 Å². The molecule has 5 nitrogen and oxygen atoms in total. The monoisotopic (exact) mass is 263 g/mol. The van der Waals surface area contributed by atoms with Crippen molar-refractivity contribution in [2.45, 2.75) is 19.8 Å². The van der Waals surface area contributed by atoms with Crippen LogP contribution < -0.4 is 10.6 Å². The van der Waals surface area contributed by atoms with E-state index in [0.29, 0.717) is 18.0 Å². The predicted octanol–water partition coefficient (Wildman–Crippen LogP) is 1.59. The molecule has 0 spiro atoms. The van der Waals surface area contributed by atoms with E-state index < -0.39 is 0 Å². The number of ether oxygens (including phenoxy) is 1. The van der Waals surface area contributed by atoms with Crippen LogP contribution in [-0.4, -0.2) is 37.7 Å². The predicted molar refractivity (Wildman–Crippen MR) is 74.4 cm³/mol. The topological polar surface area (TPSA) is 63.2 Å². The van der Waals surface area contributed by atoms with Gasteiger partial charge in [0.05, 0.1) is 17.9 Å². The third-order valence-electron chi connectivity index (χ3n) is 3.36. The van der Waals surface area contributed by atoms with Crippen molar-refractivity contribution in [1.29, 1.82) is 0 Å². The lowest BCUT2D eigenvalue weighted by Crippen LogP contribution is -2.33. The molecular weight excluding hydrogens is 242 g/mol. The fourth-order valence-corrected chi connectivity index (χ4v) is 2.25. The second-order valence-corrected chi connectivity index (χ2v) is 4.91. The third-order valence-corrected chi connectivity index (χ3v) is 3.36. The van der Waals surface area contributed by atoms with Crippen LogP contribution in [0.4, 0.5) is 5.69 Å². The zero-order valence-electron chi connectivity index (χ0n) is 11.5. The summed E-state index contributed by atoms with van der Waals surface area (Å²) in [5.74, 6) is 0.344. The number of anilines is 1. The molecule has 19 heavy (non-hydrogen) atoms. The molecule has 1 aromatic rings. The zero-order valence-corrected chi connectivity index (χ0v) is 11.5. The number of nitrogens with zero attached hydrogens (tertiary/aromatic N) is 1. The fraction of sp³-hybridized carbons (Fsp3) is 0.571. The van der Waals surface area contributed by atoms with Gasteiger partial charge in [-0.3, -0.25) is 9.78 Å². The first-order valence-electron chi connectivity index (χ1n) is 6.71. The number of pyridine rings is 1. The maximum atomic E-state index is 12.1. The van der Waals surface area contributed by atoms with Crippen molar-refractivity contribution in [3.05, 3.63) is 23.5 Å². The normalized spacial score (nSPS) is 18.9. The summed E-state index contributed by atoms with van der Waals surface area (Å²) >= 11 is 0. The molecule has 1 unspecified atom stereocenters. The number of hydrogen-bond donors (Lipinski definition) is 2. The molecule has 2 N–H and O–H groups in total. The van der Waals surface area contributed by atoms with Gasteiger partial charge in [0.15, 0.2) is 0 Å². The Balaban J connectivity index is 1.95. The molecule has 0 bridgehead atoms. The molecule has 5 heteroatoms. The van der Waals surface area contributed by atoms with E-state index in [9.17, 15) is 4.79 Å². The molecule has 0 aliphatic carbocycles. The SMILES string of the molecule is CNc1cc(C)ncc1C(=O)NCC1CCCOC1. The van der Waals surface area contributed by atoms with Gasteiger partial charge in [-0.1, -0.05) is 0 Å². The van der Waals surface area contributed by atoms with Gasteiger partial charge in [-0.15, -0.1) is 0 Å². The smallest absolute Gasteiger partial charge is 0.254 e.